The van der Waals surface area contributed by atoms with Gasteiger partial charge in [-0.1, -0.05) is 11.6 Å². The molecule has 0 fully saturated rings. The van der Waals surface area contributed by atoms with Crippen LogP contribution >= 0.6 is 11.6 Å². The number of anilines is 1. The van der Waals surface area contributed by atoms with E-state index in [1.807, 2.05) is 26.1 Å². The number of halogens is 1. The third kappa shape index (κ3) is 2.49. The highest BCUT2D eigenvalue weighted by Gasteiger charge is 2.08. The van der Waals surface area contributed by atoms with E-state index in [-0.39, 0.29) is 0 Å². The van der Waals surface area contributed by atoms with Crippen LogP contribution in [0.2, 0.25) is 5.02 Å². The molecule has 1 aromatic carbocycles. The van der Waals surface area contributed by atoms with Gasteiger partial charge < -0.3 is 9.32 Å². The van der Waals surface area contributed by atoms with Crippen LogP contribution in [0.15, 0.2) is 34.9 Å². The Morgan fingerprint density at radius 2 is 2.17 bits per heavy atom. The highest BCUT2D eigenvalue weighted by molar-refractivity contribution is 6.32. The predicted octanol–water partition coefficient (Wildman–Crippen LogP) is 3.75. The van der Waals surface area contributed by atoms with E-state index in [4.69, 9.17) is 21.3 Å². The summed E-state index contributed by atoms with van der Waals surface area (Å²) in [6, 6.07) is 9.43. The Kier molecular flexibility index (Phi) is 3.59. The summed E-state index contributed by atoms with van der Waals surface area (Å²) >= 11 is 6.02. The topological polar surface area (TPSA) is 40.2 Å². The first kappa shape index (κ1) is 12.5. The zero-order chi connectivity index (χ0) is 13.1. The summed E-state index contributed by atoms with van der Waals surface area (Å²) in [7, 11) is 1.98. The minimum Gasteiger partial charge on any atom is -0.469 e. The summed E-state index contributed by atoms with van der Waals surface area (Å²) in [6.45, 7) is 2.68. The van der Waals surface area contributed by atoms with Crippen LogP contribution in [0.4, 0.5) is 5.69 Å². The normalized spacial score (nSPS) is 10.1. The molecule has 0 unspecified atom stereocenters. The lowest BCUT2D eigenvalue weighted by Crippen LogP contribution is -2.16. The highest BCUT2D eigenvalue weighted by Crippen LogP contribution is 2.24. The molecule has 1 heterocycles. The maximum Gasteiger partial charge on any atom is 0.105 e. The maximum atomic E-state index is 8.83. The predicted molar refractivity (Wildman–Crippen MR) is 71.7 cm³/mol. The average Bonchev–Trinajstić information content (AvgIpc) is 2.75. The van der Waals surface area contributed by atoms with Gasteiger partial charge in [0.15, 0.2) is 0 Å². The van der Waals surface area contributed by atoms with E-state index < -0.39 is 0 Å². The largest absolute Gasteiger partial charge is 0.469 e. The van der Waals surface area contributed by atoms with E-state index in [0.717, 1.165) is 23.6 Å². The van der Waals surface area contributed by atoms with Crippen molar-refractivity contribution in [2.75, 3.05) is 11.9 Å². The minimum absolute atomic E-state index is 0.478. The Morgan fingerprint density at radius 1 is 1.39 bits per heavy atom. The van der Waals surface area contributed by atoms with Crippen molar-refractivity contribution in [1.82, 2.24) is 0 Å². The van der Waals surface area contributed by atoms with E-state index in [2.05, 4.69) is 11.0 Å². The lowest BCUT2D eigenvalue weighted by atomic mass is 10.2. The van der Waals surface area contributed by atoms with Crippen molar-refractivity contribution in [2.45, 2.75) is 13.5 Å². The van der Waals surface area contributed by atoms with Gasteiger partial charge in [0.25, 0.3) is 0 Å². The Bertz CT molecular complexity index is 598. The Labute approximate surface area is 111 Å². The van der Waals surface area contributed by atoms with Crippen LogP contribution in [0.5, 0.6) is 0 Å². The molecule has 0 spiro atoms. The number of aryl methyl sites for hydroxylation is 1. The van der Waals surface area contributed by atoms with Gasteiger partial charge in [-0.25, -0.2) is 0 Å². The third-order valence-electron chi connectivity index (χ3n) is 2.89. The van der Waals surface area contributed by atoms with Crippen LogP contribution in [0.1, 0.15) is 16.9 Å². The van der Waals surface area contributed by atoms with Crippen LogP contribution in [0.3, 0.4) is 0 Å². The molecule has 18 heavy (non-hydrogen) atoms. The first-order valence-corrected chi connectivity index (χ1v) is 5.93. The van der Waals surface area contributed by atoms with Crippen LogP contribution in [-0.2, 0) is 6.54 Å². The lowest BCUT2D eigenvalue weighted by molar-refractivity contribution is 0.529. The van der Waals surface area contributed by atoms with Gasteiger partial charge in [0.1, 0.15) is 11.8 Å². The molecule has 0 N–H and O–H groups in total. The van der Waals surface area contributed by atoms with Crippen LogP contribution in [0, 0.1) is 18.3 Å². The highest BCUT2D eigenvalue weighted by atomic mass is 35.5. The molecular formula is C14H13ClN2O. The summed E-state index contributed by atoms with van der Waals surface area (Å²) < 4.78 is 5.27. The number of furan rings is 1. The molecule has 3 nitrogen and oxygen atoms in total. The van der Waals surface area contributed by atoms with Crippen molar-refractivity contribution in [2.24, 2.45) is 0 Å². The van der Waals surface area contributed by atoms with Gasteiger partial charge in [-0.05, 0) is 31.2 Å². The van der Waals surface area contributed by atoms with Gasteiger partial charge in [0, 0.05) is 24.8 Å². The second kappa shape index (κ2) is 5.16. The first-order valence-electron chi connectivity index (χ1n) is 5.55. The second-order valence-corrected chi connectivity index (χ2v) is 4.54. The summed E-state index contributed by atoms with van der Waals surface area (Å²) in [6.07, 6.45) is 1.68. The van der Waals surface area contributed by atoms with Crippen molar-refractivity contribution in [1.29, 1.82) is 5.26 Å². The molecule has 2 rings (SSSR count). The number of nitriles is 1. The summed E-state index contributed by atoms with van der Waals surface area (Å²) in [5.74, 6) is 0.918. The van der Waals surface area contributed by atoms with Crippen molar-refractivity contribution >= 4 is 17.3 Å². The molecule has 92 valence electrons. The molecule has 0 amide bonds. The van der Waals surface area contributed by atoms with Crippen LogP contribution in [0.25, 0.3) is 0 Å². The summed E-state index contributed by atoms with van der Waals surface area (Å²) in [5, 5.41) is 9.31. The molecule has 0 atom stereocenters. The van der Waals surface area contributed by atoms with Gasteiger partial charge in [-0.2, -0.15) is 5.26 Å². The first-order chi connectivity index (χ1) is 8.61. The number of benzene rings is 1. The van der Waals surface area contributed by atoms with Crippen molar-refractivity contribution in [3.05, 3.63) is 52.4 Å². The summed E-state index contributed by atoms with van der Waals surface area (Å²) in [4.78, 5) is 2.06. The van der Waals surface area contributed by atoms with Gasteiger partial charge in [0.05, 0.1) is 16.8 Å². The Balaban J connectivity index is 2.19. The molecule has 0 aliphatic rings. The molecule has 0 aliphatic carbocycles. The molecule has 0 radical (unpaired) electrons. The molecule has 4 heteroatoms. The minimum atomic E-state index is 0.478. The molecule has 0 saturated carbocycles. The van der Waals surface area contributed by atoms with Crippen molar-refractivity contribution in [3.63, 3.8) is 0 Å². The quantitative estimate of drug-likeness (QED) is 0.844. The molecule has 1 aromatic heterocycles. The Morgan fingerprint density at radius 3 is 2.72 bits per heavy atom. The second-order valence-electron chi connectivity index (χ2n) is 4.13. The zero-order valence-electron chi connectivity index (χ0n) is 10.3. The van der Waals surface area contributed by atoms with E-state index in [0.29, 0.717) is 10.6 Å². The van der Waals surface area contributed by atoms with Gasteiger partial charge >= 0.3 is 0 Å². The van der Waals surface area contributed by atoms with Gasteiger partial charge in [-0.15, -0.1) is 0 Å². The molecule has 2 aromatic rings. The van der Waals surface area contributed by atoms with E-state index >= 15 is 0 Å². The van der Waals surface area contributed by atoms with E-state index in [1.165, 1.54) is 0 Å². The zero-order valence-corrected chi connectivity index (χ0v) is 11.0. The number of hydrogen-bond donors (Lipinski definition) is 0. The molecule has 0 aliphatic heterocycles. The smallest absolute Gasteiger partial charge is 0.105 e. The van der Waals surface area contributed by atoms with Crippen LogP contribution < -0.4 is 4.90 Å². The van der Waals surface area contributed by atoms with E-state index in [9.17, 15) is 0 Å². The van der Waals surface area contributed by atoms with Crippen molar-refractivity contribution < 1.29 is 4.42 Å². The van der Waals surface area contributed by atoms with Gasteiger partial charge in [0.2, 0.25) is 0 Å². The maximum absolute atomic E-state index is 8.83. The number of nitrogens with zero attached hydrogens (tertiary/aromatic N) is 2. The number of hydrogen-bond acceptors (Lipinski definition) is 3. The van der Waals surface area contributed by atoms with E-state index in [1.54, 1.807) is 18.4 Å². The molecular weight excluding hydrogens is 248 g/mol. The SMILES string of the molecule is Cc1occc1CN(C)c1ccc(C#N)c(Cl)c1. The van der Waals surface area contributed by atoms with Crippen molar-refractivity contribution in [3.8, 4) is 6.07 Å². The standard InChI is InChI=1S/C14H13ClN2O/c1-10-12(5-6-18-10)9-17(2)13-4-3-11(8-16)14(15)7-13/h3-7H,9H2,1-2H3. The third-order valence-corrected chi connectivity index (χ3v) is 3.20. The average molecular weight is 261 g/mol. The lowest BCUT2D eigenvalue weighted by Gasteiger charge is -2.19. The monoisotopic (exact) mass is 260 g/mol. The fourth-order valence-corrected chi connectivity index (χ4v) is 1.97. The Hall–Kier alpha value is -1.92. The van der Waals surface area contributed by atoms with Crippen LogP contribution in [-0.4, -0.2) is 7.05 Å². The van der Waals surface area contributed by atoms with Gasteiger partial charge in [-0.3, -0.25) is 0 Å². The fourth-order valence-electron chi connectivity index (χ4n) is 1.75. The summed E-state index contributed by atoms with van der Waals surface area (Å²) in [5.41, 5.74) is 2.60. The number of rotatable bonds is 3. The molecule has 0 saturated heterocycles. The molecule has 0 bridgehead atoms. The fraction of sp³-hybridized carbons (Fsp3) is 0.214.